The van der Waals surface area contributed by atoms with E-state index in [1.165, 1.54) is 0 Å². The smallest absolute Gasteiger partial charge is 0.151 e. The van der Waals surface area contributed by atoms with Gasteiger partial charge >= 0.3 is 0 Å². The zero-order valence-electron chi connectivity index (χ0n) is 10.1. The van der Waals surface area contributed by atoms with E-state index in [-0.39, 0.29) is 6.10 Å². The average Bonchev–Trinajstić information content (AvgIpc) is 2.77. The number of rotatable bonds is 3. The Bertz CT molecular complexity index is 407. The van der Waals surface area contributed by atoms with Crippen molar-refractivity contribution in [3.8, 4) is 0 Å². The molecule has 0 amide bonds. The topological polar surface area (TPSA) is 61.3 Å². The van der Waals surface area contributed by atoms with Gasteiger partial charge in [-0.2, -0.15) is 0 Å². The third-order valence-corrected chi connectivity index (χ3v) is 3.92. The molecule has 1 aromatic heterocycles. The Hall–Kier alpha value is -0.910. The molecular weight excluding hydrogens is 252 g/mol. The number of aromatic nitrogens is 2. The lowest BCUT2D eigenvalue weighted by molar-refractivity contribution is 0.0588. The molecule has 1 aliphatic carbocycles. The van der Waals surface area contributed by atoms with E-state index in [0.29, 0.717) is 17.2 Å². The highest BCUT2D eigenvalue weighted by Crippen LogP contribution is 2.23. The normalized spacial score (nSPS) is 31.4. The third-order valence-electron chi connectivity index (χ3n) is 3.71. The van der Waals surface area contributed by atoms with Gasteiger partial charge in [-0.1, -0.05) is 11.6 Å². The van der Waals surface area contributed by atoms with Crippen LogP contribution in [0.25, 0.3) is 0 Å². The van der Waals surface area contributed by atoms with E-state index in [1.807, 2.05) is 6.07 Å². The molecule has 0 aromatic carbocycles. The fourth-order valence-corrected chi connectivity index (χ4v) is 2.74. The van der Waals surface area contributed by atoms with Crippen LogP contribution in [-0.2, 0) is 0 Å². The van der Waals surface area contributed by atoms with Crippen LogP contribution in [0.4, 0.5) is 5.82 Å². The molecule has 2 aliphatic rings. The molecule has 18 heavy (non-hydrogen) atoms. The standard InChI is InChI=1S/C12H17ClN4O/c13-11-1-2-12(16-15-11)17-4-3-8(7-17)14-9-5-10(18)6-9/h1-2,8-10,14,18H,3-7H2/t8-,9?,10?/m0/s1. The van der Waals surface area contributed by atoms with E-state index in [2.05, 4.69) is 20.4 Å². The summed E-state index contributed by atoms with van der Waals surface area (Å²) in [4.78, 5) is 2.22. The molecule has 1 saturated heterocycles. The number of anilines is 1. The van der Waals surface area contributed by atoms with Crippen molar-refractivity contribution in [3.63, 3.8) is 0 Å². The predicted octanol–water partition coefficient (Wildman–Crippen LogP) is 0.822. The molecule has 1 saturated carbocycles. The van der Waals surface area contributed by atoms with Gasteiger partial charge in [0.25, 0.3) is 0 Å². The minimum atomic E-state index is -0.0952. The number of halogens is 1. The van der Waals surface area contributed by atoms with Crippen LogP contribution >= 0.6 is 11.6 Å². The molecule has 0 bridgehead atoms. The Morgan fingerprint density at radius 3 is 2.78 bits per heavy atom. The number of hydrogen-bond donors (Lipinski definition) is 2. The van der Waals surface area contributed by atoms with Crippen molar-refractivity contribution in [3.05, 3.63) is 17.3 Å². The van der Waals surface area contributed by atoms with Gasteiger partial charge in [0.1, 0.15) is 0 Å². The van der Waals surface area contributed by atoms with Crippen LogP contribution in [0.2, 0.25) is 5.15 Å². The Kier molecular flexibility index (Phi) is 3.37. The molecule has 98 valence electrons. The summed E-state index contributed by atoms with van der Waals surface area (Å²) in [5, 5.41) is 21.2. The average molecular weight is 269 g/mol. The summed E-state index contributed by atoms with van der Waals surface area (Å²) in [5.41, 5.74) is 0. The fraction of sp³-hybridized carbons (Fsp3) is 0.667. The first-order valence-corrected chi connectivity index (χ1v) is 6.77. The first kappa shape index (κ1) is 12.1. The molecular formula is C12H17ClN4O. The largest absolute Gasteiger partial charge is 0.393 e. The summed E-state index contributed by atoms with van der Waals surface area (Å²) >= 11 is 5.73. The monoisotopic (exact) mass is 268 g/mol. The number of aliphatic hydroxyl groups excluding tert-OH is 1. The molecule has 0 radical (unpaired) electrons. The van der Waals surface area contributed by atoms with E-state index >= 15 is 0 Å². The van der Waals surface area contributed by atoms with Gasteiger partial charge in [-0.05, 0) is 31.4 Å². The summed E-state index contributed by atoms with van der Waals surface area (Å²) in [7, 11) is 0. The van der Waals surface area contributed by atoms with Crippen molar-refractivity contribution < 1.29 is 5.11 Å². The maximum atomic E-state index is 9.27. The number of nitrogens with zero attached hydrogens (tertiary/aromatic N) is 3. The molecule has 6 heteroatoms. The number of hydrogen-bond acceptors (Lipinski definition) is 5. The van der Waals surface area contributed by atoms with E-state index in [1.54, 1.807) is 6.07 Å². The minimum absolute atomic E-state index is 0.0952. The molecule has 0 unspecified atom stereocenters. The summed E-state index contributed by atoms with van der Waals surface area (Å²) in [6.45, 7) is 1.94. The Labute approximate surface area is 111 Å². The van der Waals surface area contributed by atoms with Gasteiger partial charge in [-0.3, -0.25) is 0 Å². The van der Waals surface area contributed by atoms with Gasteiger partial charge in [-0.15, -0.1) is 10.2 Å². The maximum absolute atomic E-state index is 9.27. The van der Waals surface area contributed by atoms with E-state index in [0.717, 1.165) is 38.2 Å². The van der Waals surface area contributed by atoms with Crippen molar-refractivity contribution in [2.24, 2.45) is 0 Å². The number of aliphatic hydroxyl groups is 1. The summed E-state index contributed by atoms with van der Waals surface area (Å²) in [6.07, 6.45) is 2.79. The Morgan fingerprint density at radius 1 is 1.28 bits per heavy atom. The second-order valence-electron chi connectivity index (χ2n) is 5.13. The van der Waals surface area contributed by atoms with Gasteiger partial charge in [0.05, 0.1) is 6.10 Å². The van der Waals surface area contributed by atoms with E-state index < -0.39 is 0 Å². The van der Waals surface area contributed by atoms with Crippen molar-refractivity contribution >= 4 is 17.4 Å². The van der Waals surface area contributed by atoms with Crippen LogP contribution in [0.15, 0.2) is 12.1 Å². The third kappa shape index (κ3) is 2.58. The minimum Gasteiger partial charge on any atom is -0.393 e. The van der Waals surface area contributed by atoms with Crippen molar-refractivity contribution in [1.29, 1.82) is 0 Å². The van der Waals surface area contributed by atoms with Gasteiger partial charge in [-0.25, -0.2) is 0 Å². The van der Waals surface area contributed by atoms with Crippen LogP contribution in [0, 0.1) is 0 Å². The molecule has 2 N–H and O–H groups in total. The molecule has 1 atom stereocenters. The quantitative estimate of drug-likeness (QED) is 0.850. The van der Waals surface area contributed by atoms with Gasteiger partial charge in [0.2, 0.25) is 0 Å². The zero-order chi connectivity index (χ0) is 12.5. The van der Waals surface area contributed by atoms with Gasteiger partial charge in [0, 0.05) is 25.2 Å². The first-order chi connectivity index (χ1) is 8.70. The molecule has 3 rings (SSSR count). The highest BCUT2D eigenvalue weighted by atomic mass is 35.5. The first-order valence-electron chi connectivity index (χ1n) is 6.39. The summed E-state index contributed by atoms with van der Waals surface area (Å²) in [6, 6.07) is 4.65. The molecule has 2 fully saturated rings. The highest BCUT2D eigenvalue weighted by molar-refractivity contribution is 6.29. The van der Waals surface area contributed by atoms with Crippen LogP contribution in [0.3, 0.4) is 0 Å². The van der Waals surface area contributed by atoms with Crippen LogP contribution in [0.5, 0.6) is 0 Å². The van der Waals surface area contributed by atoms with Gasteiger partial charge < -0.3 is 15.3 Å². The van der Waals surface area contributed by atoms with E-state index in [9.17, 15) is 5.11 Å². The van der Waals surface area contributed by atoms with Crippen molar-refractivity contribution in [1.82, 2.24) is 15.5 Å². The second-order valence-corrected chi connectivity index (χ2v) is 5.52. The predicted molar refractivity (Wildman–Crippen MR) is 69.8 cm³/mol. The Morgan fingerprint density at radius 2 is 2.11 bits per heavy atom. The summed E-state index contributed by atoms with van der Waals surface area (Å²) < 4.78 is 0. The number of nitrogens with one attached hydrogen (secondary N) is 1. The van der Waals surface area contributed by atoms with Crippen molar-refractivity contribution in [2.45, 2.75) is 37.5 Å². The maximum Gasteiger partial charge on any atom is 0.151 e. The van der Waals surface area contributed by atoms with Crippen molar-refractivity contribution in [2.75, 3.05) is 18.0 Å². The SMILES string of the molecule is OC1CC(N[C@H]2CCN(c3ccc(Cl)nn3)C2)C1. The molecule has 2 heterocycles. The van der Waals surface area contributed by atoms with Crippen LogP contribution < -0.4 is 10.2 Å². The lowest BCUT2D eigenvalue weighted by Crippen LogP contribution is -2.49. The Balaban J connectivity index is 1.53. The second kappa shape index (κ2) is 4.99. The zero-order valence-corrected chi connectivity index (χ0v) is 10.8. The molecule has 5 nitrogen and oxygen atoms in total. The molecule has 0 spiro atoms. The van der Waals surface area contributed by atoms with Crippen LogP contribution in [0.1, 0.15) is 19.3 Å². The van der Waals surface area contributed by atoms with E-state index in [4.69, 9.17) is 11.6 Å². The van der Waals surface area contributed by atoms with Crippen LogP contribution in [-0.4, -0.2) is 46.6 Å². The highest BCUT2D eigenvalue weighted by Gasteiger charge is 2.31. The molecule has 1 aliphatic heterocycles. The lowest BCUT2D eigenvalue weighted by atomic mass is 9.89. The summed E-state index contributed by atoms with van der Waals surface area (Å²) in [5.74, 6) is 0.886. The molecule has 1 aromatic rings. The fourth-order valence-electron chi connectivity index (χ4n) is 2.64. The van der Waals surface area contributed by atoms with Gasteiger partial charge in [0.15, 0.2) is 11.0 Å². The lowest BCUT2D eigenvalue weighted by Gasteiger charge is -2.34.